The van der Waals surface area contributed by atoms with Crippen molar-refractivity contribution in [1.82, 2.24) is 19.5 Å². The van der Waals surface area contributed by atoms with Gasteiger partial charge in [0.05, 0.1) is 25.8 Å². The van der Waals surface area contributed by atoms with E-state index in [0.29, 0.717) is 23.7 Å². The molecule has 0 radical (unpaired) electrons. The summed E-state index contributed by atoms with van der Waals surface area (Å²) in [5, 5.41) is 3.04. The van der Waals surface area contributed by atoms with Gasteiger partial charge >= 0.3 is 0 Å². The lowest BCUT2D eigenvalue weighted by atomic mass is 9.97. The highest BCUT2D eigenvalue weighted by Crippen LogP contribution is 2.32. The van der Waals surface area contributed by atoms with Crippen LogP contribution in [0.25, 0.3) is 11.2 Å². The fourth-order valence-electron chi connectivity index (χ4n) is 4.89. The van der Waals surface area contributed by atoms with Crippen molar-refractivity contribution in [1.29, 1.82) is 0 Å². The number of hydrogen-bond acceptors (Lipinski definition) is 7. The van der Waals surface area contributed by atoms with Crippen molar-refractivity contribution in [3.63, 3.8) is 0 Å². The molecule has 4 heterocycles. The Morgan fingerprint density at radius 3 is 2.85 bits per heavy atom. The number of ether oxygens (including phenoxy) is 2. The number of imidazole rings is 1. The molecular formula is C24H30N6O3. The van der Waals surface area contributed by atoms with E-state index in [1.165, 1.54) is 6.42 Å². The largest absolute Gasteiger partial charge is 0.497 e. The summed E-state index contributed by atoms with van der Waals surface area (Å²) in [4.78, 5) is 29.5. The van der Waals surface area contributed by atoms with E-state index >= 15 is 0 Å². The molecule has 9 nitrogen and oxygen atoms in total. The van der Waals surface area contributed by atoms with E-state index in [9.17, 15) is 4.79 Å². The zero-order chi connectivity index (χ0) is 22.8. The number of methoxy groups -OCH3 is 2. The van der Waals surface area contributed by atoms with Crippen LogP contribution in [0.3, 0.4) is 0 Å². The van der Waals surface area contributed by atoms with Crippen molar-refractivity contribution in [3.05, 3.63) is 30.4 Å². The Balaban J connectivity index is 1.37. The Labute approximate surface area is 193 Å². The van der Waals surface area contributed by atoms with E-state index in [4.69, 9.17) is 14.5 Å². The fourth-order valence-corrected chi connectivity index (χ4v) is 4.89. The van der Waals surface area contributed by atoms with Crippen LogP contribution in [0.1, 0.15) is 37.9 Å². The first-order valence-electron chi connectivity index (χ1n) is 11.7. The molecule has 2 aliphatic rings. The van der Waals surface area contributed by atoms with Gasteiger partial charge in [-0.25, -0.2) is 15.0 Å². The second-order valence-electron chi connectivity index (χ2n) is 8.70. The van der Waals surface area contributed by atoms with Crippen molar-refractivity contribution in [2.24, 2.45) is 5.92 Å². The molecule has 2 aliphatic heterocycles. The van der Waals surface area contributed by atoms with E-state index < -0.39 is 0 Å². The van der Waals surface area contributed by atoms with Crippen LogP contribution in [0.4, 0.5) is 11.5 Å². The van der Waals surface area contributed by atoms with Crippen LogP contribution in [0.2, 0.25) is 0 Å². The lowest BCUT2D eigenvalue weighted by molar-refractivity contribution is -0.120. The maximum atomic E-state index is 13.2. The second-order valence-corrected chi connectivity index (χ2v) is 8.70. The van der Waals surface area contributed by atoms with Gasteiger partial charge in [-0.3, -0.25) is 4.79 Å². The summed E-state index contributed by atoms with van der Waals surface area (Å²) in [7, 11) is 3.19. The van der Waals surface area contributed by atoms with Crippen molar-refractivity contribution in [3.8, 4) is 11.5 Å². The third-order valence-corrected chi connectivity index (χ3v) is 6.63. The highest BCUT2D eigenvalue weighted by molar-refractivity contribution is 5.95. The fraction of sp³-hybridized carbons (Fsp3) is 0.500. The van der Waals surface area contributed by atoms with Crippen LogP contribution in [0, 0.1) is 5.92 Å². The number of piperidine rings is 1. The first-order chi connectivity index (χ1) is 16.2. The van der Waals surface area contributed by atoms with Crippen molar-refractivity contribution in [2.75, 3.05) is 37.5 Å². The minimum absolute atomic E-state index is 0.0304. The number of amides is 1. The number of hydrogen-bond donors (Lipinski definition) is 1. The molecule has 0 spiro atoms. The number of rotatable bonds is 5. The molecule has 3 aromatic rings. The molecule has 9 heteroatoms. The molecule has 1 aromatic carbocycles. The number of aromatic nitrogens is 4. The topological polar surface area (TPSA) is 94.4 Å². The highest BCUT2D eigenvalue weighted by Gasteiger charge is 2.29. The summed E-state index contributed by atoms with van der Waals surface area (Å²) in [6.45, 7) is 2.39. The summed E-state index contributed by atoms with van der Waals surface area (Å²) in [6.07, 6.45) is 7.87. The number of nitrogens with one attached hydrogen (secondary N) is 1. The molecule has 0 aliphatic carbocycles. The summed E-state index contributed by atoms with van der Waals surface area (Å²) in [5.74, 6) is 3.00. The second kappa shape index (κ2) is 9.25. The van der Waals surface area contributed by atoms with E-state index in [0.717, 1.165) is 68.0 Å². The van der Waals surface area contributed by atoms with Gasteiger partial charge < -0.3 is 24.3 Å². The van der Waals surface area contributed by atoms with Gasteiger partial charge in [-0.1, -0.05) is 6.42 Å². The first kappa shape index (κ1) is 21.5. The normalized spacial score (nSPS) is 18.5. The SMILES string of the molecule is COc1ccc(OC)c(NC(=O)C2CCCN(c3ncnc4c3nc3n4CCCCC3)C2)c1. The zero-order valence-electron chi connectivity index (χ0n) is 19.2. The van der Waals surface area contributed by atoms with Crippen LogP contribution in [-0.2, 0) is 17.8 Å². The molecule has 2 aromatic heterocycles. The Morgan fingerprint density at radius 2 is 2.00 bits per heavy atom. The molecule has 33 heavy (non-hydrogen) atoms. The highest BCUT2D eigenvalue weighted by atomic mass is 16.5. The predicted octanol–water partition coefficient (Wildman–Crippen LogP) is 3.43. The molecule has 0 saturated carbocycles. The molecule has 1 saturated heterocycles. The monoisotopic (exact) mass is 450 g/mol. The summed E-state index contributed by atoms with van der Waals surface area (Å²) in [6, 6.07) is 5.38. The van der Waals surface area contributed by atoms with E-state index in [2.05, 4.69) is 24.8 Å². The molecular weight excluding hydrogens is 420 g/mol. The predicted molar refractivity (Wildman–Crippen MR) is 126 cm³/mol. The molecule has 1 unspecified atom stereocenters. The van der Waals surface area contributed by atoms with Crippen molar-refractivity contribution < 1.29 is 14.3 Å². The standard InChI is InChI=1S/C24H30N6O3/c1-32-17-9-10-19(33-2)18(13-17)27-24(31)16-7-6-11-29(14-16)22-21-23(26-15-25-22)30-12-5-3-4-8-20(30)28-21/h9-10,13,15-16H,3-8,11-12,14H2,1-2H3,(H,27,31). The number of fused-ring (bicyclic) bond motifs is 3. The van der Waals surface area contributed by atoms with Gasteiger partial charge in [0.2, 0.25) is 5.91 Å². The van der Waals surface area contributed by atoms with E-state index in [1.54, 1.807) is 32.7 Å². The van der Waals surface area contributed by atoms with Gasteiger partial charge in [0, 0.05) is 32.1 Å². The van der Waals surface area contributed by atoms with Crippen LogP contribution in [0.15, 0.2) is 24.5 Å². The van der Waals surface area contributed by atoms with Gasteiger partial charge in [0.15, 0.2) is 17.0 Å². The van der Waals surface area contributed by atoms with Gasteiger partial charge in [0.1, 0.15) is 23.7 Å². The van der Waals surface area contributed by atoms with Gasteiger partial charge in [-0.15, -0.1) is 0 Å². The van der Waals surface area contributed by atoms with E-state index in [-0.39, 0.29) is 11.8 Å². The van der Waals surface area contributed by atoms with Crippen LogP contribution in [-0.4, -0.2) is 52.7 Å². The number of benzene rings is 1. The van der Waals surface area contributed by atoms with Crippen molar-refractivity contribution >= 4 is 28.6 Å². The summed E-state index contributed by atoms with van der Waals surface area (Å²) < 4.78 is 13.0. The van der Waals surface area contributed by atoms with Crippen LogP contribution < -0.4 is 19.7 Å². The number of carbonyl (C=O) groups excluding carboxylic acids is 1. The maximum absolute atomic E-state index is 13.2. The molecule has 1 N–H and O–H groups in total. The minimum atomic E-state index is -0.167. The van der Waals surface area contributed by atoms with Gasteiger partial charge in [0.25, 0.3) is 0 Å². The average molecular weight is 451 g/mol. The molecule has 5 rings (SSSR count). The Kier molecular flexibility index (Phi) is 6.02. The Bertz CT molecular complexity index is 1160. The molecule has 174 valence electrons. The Morgan fingerprint density at radius 1 is 1.09 bits per heavy atom. The summed E-state index contributed by atoms with van der Waals surface area (Å²) >= 11 is 0. The summed E-state index contributed by atoms with van der Waals surface area (Å²) in [5.41, 5.74) is 2.37. The molecule has 1 amide bonds. The number of anilines is 2. The van der Waals surface area contributed by atoms with Crippen LogP contribution >= 0.6 is 0 Å². The number of aryl methyl sites for hydroxylation is 2. The minimum Gasteiger partial charge on any atom is -0.497 e. The van der Waals surface area contributed by atoms with Crippen molar-refractivity contribution in [2.45, 2.75) is 45.1 Å². The number of carbonyl (C=O) groups is 1. The number of nitrogens with zero attached hydrogens (tertiary/aromatic N) is 5. The van der Waals surface area contributed by atoms with E-state index in [1.807, 2.05) is 6.07 Å². The molecule has 1 fully saturated rings. The van der Waals surface area contributed by atoms with Gasteiger partial charge in [-0.2, -0.15) is 0 Å². The molecule has 0 bridgehead atoms. The Hall–Kier alpha value is -3.36. The lowest BCUT2D eigenvalue weighted by Gasteiger charge is -2.32. The van der Waals surface area contributed by atoms with Gasteiger partial charge in [-0.05, 0) is 37.8 Å². The maximum Gasteiger partial charge on any atom is 0.229 e. The third-order valence-electron chi connectivity index (χ3n) is 6.63. The zero-order valence-corrected chi connectivity index (χ0v) is 19.2. The molecule has 1 atom stereocenters. The average Bonchev–Trinajstić information content (AvgIpc) is 3.04. The van der Waals surface area contributed by atoms with Crippen LogP contribution in [0.5, 0.6) is 11.5 Å². The smallest absolute Gasteiger partial charge is 0.229 e. The quantitative estimate of drug-likeness (QED) is 0.636. The first-order valence-corrected chi connectivity index (χ1v) is 11.7. The third kappa shape index (κ3) is 4.19. The lowest BCUT2D eigenvalue weighted by Crippen LogP contribution is -2.41.